The predicted octanol–water partition coefficient (Wildman–Crippen LogP) is 17.2. The van der Waals surface area contributed by atoms with Crippen LogP contribution in [0.5, 0.6) is 0 Å². The van der Waals surface area contributed by atoms with Gasteiger partial charge in [-0.3, -0.25) is 0 Å². The molecule has 0 bridgehead atoms. The molecule has 0 saturated heterocycles. The summed E-state index contributed by atoms with van der Waals surface area (Å²) in [6, 6.07) is 67.8. The van der Waals surface area contributed by atoms with Crippen LogP contribution in [0.3, 0.4) is 0 Å². The summed E-state index contributed by atoms with van der Waals surface area (Å²) < 4.78 is 5.16. The number of aryl methyl sites for hydroxylation is 1. The molecule has 0 atom stereocenters. The molecule has 0 aliphatic rings. The molecule has 7 heteroatoms. The SMILES string of the molecule is Cc1ccc(N(c2ccc([Si](C)(C)C)cc2)c2ccc3c(c2)sc2cc4ccc5c(c4cc23)c2ccc(N(c3ccc([Si](C)(C)C)cc3)c3ccc([Si](C)(C)C)cc3)c3c4ccccc4n5c23)cc1. The van der Waals surface area contributed by atoms with Gasteiger partial charge in [0.1, 0.15) is 0 Å². The van der Waals surface area contributed by atoms with Crippen LogP contribution in [0.1, 0.15) is 5.56 Å². The summed E-state index contributed by atoms with van der Waals surface area (Å²) in [5, 5.41) is 14.8. The lowest BCUT2D eigenvalue weighted by molar-refractivity contribution is 1.28. The second-order valence-corrected chi connectivity index (χ2v) is 38.7. The number of fused-ring (bicyclic) bond motifs is 11. The van der Waals surface area contributed by atoms with Crippen molar-refractivity contribution >= 4 is 154 Å². The van der Waals surface area contributed by atoms with Crippen molar-refractivity contribution in [2.45, 2.75) is 65.8 Å². The second kappa shape index (κ2) is 15.8. The minimum absolute atomic E-state index is 1.17. The quantitative estimate of drug-likeness (QED) is 0.134. The van der Waals surface area contributed by atoms with Crippen LogP contribution in [0.25, 0.3) is 69.0 Å². The van der Waals surface area contributed by atoms with Crippen LogP contribution in [0.2, 0.25) is 58.9 Å². The van der Waals surface area contributed by atoms with E-state index in [4.69, 9.17) is 0 Å². The molecule has 340 valence electrons. The number of hydrogen-bond acceptors (Lipinski definition) is 3. The van der Waals surface area contributed by atoms with Crippen molar-refractivity contribution < 1.29 is 0 Å². The van der Waals surface area contributed by atoms with E-state index in [-0.39, 0.29) is 0 Å². The third-order valence-corrected chi connectivity index (χ3v) is 22.0. The van der Waals surface area contributed by atoms with Crippen LogP contribution < -0.4 is 25.4 Å². The van der Waals surface area contributed by atoms with Crippen LogP contribution in [-0.2, 0) is 0 Å². The number of benzene rings is 9. The van der Waals surface area contributed by atoms with Crippen molar-refractivity contribution in [3.05, 3.63) is 181 Å². The zero-order valence-corrected chi connectivity index (χ0v) is 45.3. The van der Waals surface area contributed by atoms with Gasteiger partial charge in [0.2, 0.25) is 0 Å². The summed E-state index contributed by atoms with van der Waals surface area (Å²) in [4.78, 5) is 4.93. The Morgan fingerprint density at radius 2 is 0.884 bits per heavy atom. The van der Waals surface area contributed by atoms with Gasteiger partial charge in [-0.2, -0.15) is 0 Å². The summed E-state index contributed by atoms with van der Waals surface area (Å²) in [5.41, 5.74) is 12.1. The number of aromatic nitrogens is 1. The minimum atomic E-state index is -1.50. The van der Waals surface area contributed by atoms with Crippen LogP contribution >= 0.6 is 11.3 Å². The van der Waals surface area contributed by atoms with E-state index in [0.717, 1.165) is 0 Å². The summed E-state index contributed by atoms with van der Waals surface area (Å²) in [5.74, 6) is 0. The molecule has 0 N–H and O–H groups in total. The number of nitrogens with zero attached hydrogens (tertiary/aromatic N) is 3. The molecule has 3 heterocycles. The van der Waals surface area contributed by atoms with E-state index >= 15 is 0 Å². The normalized spacial score (nSPS) is 12.8. The highest BCUT2D eigenvalue weighted by molar-refractivity contribution is 7.26. The average Bonchev–Trinajstić information content (AvgIpc) is 3.98. The molecule has 0 fully saturated rings. The Hall–Kier alpha value is -6.49. The number of para-hydroxylation sites is 1. The molecule has 0 saturated carbocycles. The Morgan fingerprint density at radius 3 is 1.46 bits per heavy atom. The van der Waals surface area contributed by atoms with Crippen molar-refractivity contribution in [2.75, 3.05) is 9.80 Å². The average molecular weight is 962 g/mol. The lowest BCUT2D eigenvalue weighted by Crippen LogP contribution is -2.37. The van der Waals surface area contributed by atoms with Crippen molar-refractivity contribution in [1.82, 2.24) is 4.40 Å². The first kappa shape index (κ1) is 43.8. The molecule has 0 radical (unpaired) electrons. The van der Waals surface area contributed by atoms with Crippen molar-refractivity contribution in [1.29, 1.82) is 0 Å². The molecule has 9 aromatic carbocycles. The Morgan fingerprint density at radius 1 is 0.377 bits per heavy atom. The highest BCUT2D eigenvalue weighted by Gasteiger charge is 2.27. The van der Waals surface area contributed by atoms with Gasteiger partial charge in [-0.1, -0.05) is 165 Å². The zero-order valence-electron chi connectivity index (χ0n) is 41.5. The first-order valence-corrected chi connectivity index (χ1v) is 35.8. The molecule has 0 unspecified atom stereocenters. The smallest absolute Gasteiger partial charge is 0.0775 e. The van der Waals surface area contributed by atoms with Gasteiger partial charge in [-0.25, -0.2) is 0 Å². The van der Waals surface area contributed by atoms with E-state index < -0.39 is 24.2 Å². The molecular formula is C62H59N3SSi3. The van der Waals surface area contributed by atoms with Crippen LogP contribution in [-0.4, -0.2) is 28.6 Å². The molecule has 3 aromatic heterocycles. The van der Waals surface area contributed by atoms with Gasteiger partial charge in [0.05, 0.1) is 46.5 Å². The van der Waals surface area contributed by atoms with Gasteiger partial charge in [-0.05, 0) is 109 Å². The summed E-state index contributed by atoms with van der Waals surface area (Å²) in [7, 11) is -4.44. The fourth-order valence-electron chi connectivity index (χ4n) is 10.8. The van der Waals surface area contributed by atoms with Crippen LogP contribution in [0.4, 0.5) is 34.1 Å². The van der Waals surface area contributed by atoms with E-state index in [1.165, 1.54) is 124 Å². The van der Waals surface area contributed by atoms with E-state index in [1.54, 1.807) is 0 Å². The summed E-state index contributed by atoms with van der Waals surface area (Å²) in [6.45, 7) is 24.0. The van der Waals surface area contributed by atoms with Crippen molar-refractivity contribution in [3.63, 3.8) is 0 Å². The first-order valence-electron chi connectivity index (χ1n) is 24.5. The lowest BCUT2D eigenvalue weighted by atomic mass is 9.99. The topological polar surface area (TPSA) is 10.9 Å². The maximum absolute atomic E-state index is 2.55. The van der Waals surface area contributed by atoms with Gasteiger partial charge in [0, 0.05) is 70.2 Å². The van der Waals surface area contributed by atoms with Gasteiger partial charge in [-0.15, -0.1) is 11.3 Å². The van der Waals surface area contributed by atoms with E-state index in [1.807, 2.05) is 11.3 Å². The minimum Gasteiger partial charge on any atom is -0.310 e. The van der Waals surface area contributed by atoms with E-state index in [2.05, 4.69) is 256 Å². The number of thiophene rings is 1. The highest BCUT2D eigenvalue weighted by atomic mass is 32.1. The maximum Gasteiger partial charge on any atom is 0.0775 e. The van der Waals surface area contributed by atoms with Gasteiger partial charge < -0.3 is 14.2 Å². The fourth-order valence-corrected chi connectivity index (χ4v) is 15.5. The van der Waals surface area contributed by atoms with E-state index in [9.17, 15) is 0 Å². The highest BCUT2D eigenvalue weighted by Crippen LogP contribution is 2.49. The predicted molar refractivity (Wildman–Crippen MR) is 315 cm³/mol. The lowest BCUT2D eigenvalue weighted by Gasteiger charge is -2.28. The molecule has 12 aromatic rings. The molecule has 0 aliphatic heterocycles. The summed E-state index contributed by atoms with van der Waals surface area (Å²) >= 11 is 1.90. The van der Waals surface area contributed by atoms with Crippen molar-refractivity contribution in [3.8, 4) is 0 Å². The Kier molecular flexibility index (Phi) is 10.0. The maximum atomic E-state index is 2.55. The van der Waals surface area contributed by atoms with Gasteiger partial charge in [0.25, 0.3) is 0 Å². The number of anilines is 6. The van der Waals surface area contributed by atoms with Gasteiger partial charge in [0.15, 0.2) is 0 Å². The molecule has 3 nitrogen and oxygen atoms in total. The Labute approximate surface area is 413 Å². The molecule has 0 spiro atoms. The fraction of sp³-hybridized carbons (Fsp3) is 0.161. The number of rotatable bonds is 9. The molecule has 0 amide bonds. The molecule has 69 heavy (non-hydrogen) atoms. The molecule has 0 aliphatic carbocycles. The standard InChI is InChI=1S/C62H59N3SSi3/c1-40-15-18-42(19-16-40)63(43-20-27-47(28-21-43)67(2,3)4)46-26-33-50-54-39-53-41(37-58(54)66-59(50)38-46)17-35-56-60(53)52-34-36-57(61-51-13-11-12-14-55(51)65(56)62(52)61)64(44-22-29-48(30-23-44)68(5,6)7)45-24-31-49(32-25-45)69(8,9)10/h11-39H,1-10H3. The third kappa shape index (κ3) is 7.24. The summed E-state index contributed by atoms with van der Waals surface area (Å²) in [6.07, 6.45) is 0. The molecular weight excluding hydrogens is 903 g/mol. The van der Waals surface area contributed by atoms with Crippen molar-refractivity contribution in [2.24, 2.45) is 0 Å². The second-order valence-electron chi connectivity index (χ2n) is 22.4. The van der Waals surface area contributed by atoms with Crippen LogP contribution in [0.15, 0.2) is 176 Å². The molecule has 12 rings (SSSR count). The Bertz CT molecular complexity index is 3880. The Balaban J connectivity index is 1.05. The van der Waals surface area contributed by atoms with Gasteiger partial charge >= 0.3 is 0 Å². The third-order valence-electron chi connectivity index (χ3n) is 14.6. The monoisotopic (exact) mass is 961 g/mol. The van der Waals surface area contributed by atoms with Crippen LogP contribution in [0, 0.1) is 6.92 Å². The largest absolute Gasteiger partial charge is 0.310 e. The zero-order chi connectivity index (χ0) is 47.7. The first-order chi connectivity index (χ1) is 33.0. The van der Waals surface area contributed by atoms with E-state index in [0.29, 0.717) is 0 Å². The number of hydrogen-bond donors (Lipinski definition) is 0.